The average molecular weight is 296 g/mol. The van der Waals surface area contributed by atoms with Crippen LogP contribution in [0.2, 0.25) is 0 Å². The summed E-state index contributed by atoms with van der Waals surface area (Å²) in [6.07, 6.45) is 1.83. The minimum Gasteiger partial charge on any atom is -0.341 e. The van der Waals surface area contributed by atoms with Gasteiger partial charge < -0.3 is 15.5 Å². The SMILES string of the molecule is CN(C(=O)CCCN1C(=O)NC(C)(C)C1=O)[C@H]1CCNC1. The van der Waals surface area contributed by atoms with E-state index in [2.05, 4.69) is 10.6 Å². The summed E-state index contributed by atoms with van der Waals surface area (Å²) in [6.45, 7) is 5.43. The first-order valence-electron chi connectivity index (χ1n) is 7.43. The van der Waals surface area contributed by atoms with Crippen LogP contribution >= 0.6 is 0 Å². The van der Waals surface area contributed by atoms with Crippen LogP contribution in [0.5, 0.6) is 0 Å². The van der Waals surface area contributed by atoms with E-state index in [4.69, 9.17) is 0 Å². The van der Waals surface area contributed by atoms with Gasteiger partial charge in [-0.2, -0.15) is 0 Å². The van der Waals surface area contributed by atoms with E-state index in [-0.39, 0.29) is 30.4 Å². The summed E-state index contributed by atoms with van der Waals surface area (Å²) >= 11 is 0. The van der Waals surface area contributed by atoms with Crippen molar-refractivity contribution in [1.29, 1.82) is 0 Å². The molecule has 7 heteroatoms. The van der Waals surface area contributed by atoms with Gasteiger partial charge in [0.15, 0.2) is 0 Å². The number of carbonyl (C=O) groups excluding carboxylic acids is 3. The zero-order valence-electron chi connectivity index (χ0n) is 12.9. The molecule has 0 aromatic rings. The van der Waals surface area contributed by atoms with Crippen molar-refractivity contribution < 1.29 is 14.4 Å². The maximum absolute atomic E-state index is 12.1. The lowest BCUT2D eigenvalue weighted by Gasteiger charge is -2.24. The fourth-order valence-electron chi connectivity index (χ4n) is 2.76. The lowest BCUT2D eigenvalue weighted by molar-refractivity contribution is -0.133. The molecule has 2 rings (SSSR count). The van der Waals surface area contributed by atoms with E-state index in [0.29, 0.717) is 12.8 Å². The number of carbonyl (C=O) groups is 3. The molecule has 0 radical (unpaired) electrons. The predicted octanol–water partition coefficient (Wildman–Crippen LogP) is -0.0827. The molecule has 0 bridgehead atoms. The summed E-state index contributed by atoms with van der Waals surface area (Å²) in [5.41, 5.74) is -0.840. The third-order valence-corrected chi connectivity index (χ3v) is 4.19. The van der Waals surface area contributed by atoms with Crippen LogP contribution in [0, 0.1) is 0 Å². The average Bonchev–Trinajstić information content (AvgIpc) is 3.00. The van der Waals surface area contributed by atoms with E-state index in [9.17, 15) is 14.4 Å². The first-order chi connectivity index (χ1) is 9.83. The Hall–Kier alpha value is -1.63. The van der Waals surface area contributed by atoms with Gasteiger partial charge in [0.05, 0.1) is 0 Å². The van der Waals surface area contributed by atoms with Gasteiger partial charge in [-0.3, -0.25) is 14.5 Å². The molecule has 2 aliphatic heterocycles. The van der Waals surface area contributed by atoms with E-state index in [1.807, 2.05) is 7.05 Å². The van der Waals surface area contributed by atoms with Crippen molar-refractivity contribution in [3.8, 4) is 0 Å². The van der Waals surface area contributed by atoms with Crippen molar-refractivity contribution in [1.82, 2.24) is 20.4 Å². The number of amides is 4. The molecule has 118 valence electrons. The first-order valence-corrected chi connectivity index (χ1v) is 7.43. The zero-order chi connectivity index (χ0) is 15.6. The van der Waals surface area contributed by atoms with E-state index >= 15 is 0 Å². The van der Waals surface area contributed by atoms with Crippen molar-refractivity contribution in [2.45, 2.75) is 44.7 Å². The minimum atomic E-state index is -0.840. The van der Waals surface area contributed by atoms with E-state index in [1.54, 1.807) is 18.7 Å². The van der Waals surface area contributed by atoms with Crippen molar-refractivity contribution >= 4 is 17.8 Å². The molecule has 2 heterocycles. The van der Waals surface area contributed by atoms with Gasteiger partial charge in [-0.05, 0) is 33.2 Å². The molecular weight excluding hydrogens is 272 g/mol. The molecule has 0 saturated carbocycles. The van der Waals surface area contributed by atoms with Crippen LogP contribution in [0.4, 0.5) is 4.79 Å². The molecule has 2 aliphatic rings. The molecule has 2 N–H and O–H groups in total. The highest BCUT2D eigenvalue weighted by molar-refractivity contribution is 6.06. The van der Waals surface area contributed by atoms with Crippen molar-refractivity contribution in [2.24, 2.45) is 0 Å². The third kappa shape index (κ3) is 3.34. The Labute approximate surface area is 125 Å². The Morgan fingerprint density at radius 3 is 2.67 bits per heavy atom. The highest BCUT2D eigenvalue weighted by Crippen LogP contribution is 2.17. The first kappa shape index (κ1) is 15.8. The van der Waals surface area contributed by atoms with Crippen LogP contribution in [0.15, 0.2) is 0 Å². The van der Waals surface area contributed by atoms with Gasteiger partial charge >= 0.3 is 6.03 Å². The van der Waals surface area contributed by atoms with Gasteiger partial charge in [0.25, 0.3) is 5.91 Å². The number of hydrogen-bond donors (Lipinski definition) is 2. The van der Waals surface area contributed by atoms with Crippen LogP contribution in [0.25, 0.3) is 0 Å². The lowest BCUT2D eigenvalue weighted by Crippen LogP contribution is -2.40. The molecule has 2 fully saturated rings. The van der Waals surface area contributed by atoms with Crippen LogP contribution in [0.1, 0.15) is 33.1 Å². The smallest absolute Gasteiger partial charge is 0.325 e. The molecule has 0 spiro atoms. The molecule has 2 saturated heterocycles. The quantitative estimate of drug-likeness (QED) is 0.695. The number of nitrogens with zero attached hydrogens (tertiary/aromatic N) is 2. The maximum Gasteiger partial charge on any atom is 0.325 e. The Morgan fingerprint density at radius 2 is 2.14 bits per heavy atom. The van der Waals surface area contributed by atoms with Crippen molar-refractivity contribution in [3.05, 3.63) is 0 Å². The predicted molar refractivity (Wildman–Crippen MR) is 77.6 cm³/mol. The van der Waals surface area contributed by atoms with Crippen molar-refractivity contribution in [3.63, 3.8) is 0 Å². The highest BCUT2D eigenvalue weighted by atomic mass is 16.2. The summed E-state index contributed by atoms with van der Waals surface area (Å²) in [7, 11) is 1.82. The van der Waals surface area contributed by atoms with E-state index in [0.717, 1.165) is 19.5 Å². The standard InChI is InChI=1S/C14H24N4O3/c1-14(2)12(20)18(13(21)16-14)8-4-5-11(19)17(3)10-6-7-15-9-10/h10,15H,4-9H2,1-3H3,(H,16,21)/t10-/m0/s1. The fraction of sp³-hybridized carbons (Fsp3) is 0.786. The number of rotatable bonds is 5. The number of urea groups is 1. The number of hydrogen-bond acceptors (Lipinski definition) is 4. The molecule has 1 atom stereocenters. The van der Waals surface area contributed by atoms with E-state index < -0.39 is 5.54 Å². The normalized spacial score (nSPS) is 24.3. The molecule has 0 unspecified atom stereocenters. The van der Waals surface area contributed by atoms with Crippen LogP contribution < -0.4 is 10.6 Å². The molecular formula is C14H24N4O3. The van der Waals surface area contributed by atoms with Gasteiger partial charge in [0.1, 0.15) is 5.54 Å². The van der Waals surface area contributed by atoms with Crippen LogP contribution in [-0.4, -0.2) is 65.9 Å². The van der Waals surface area contributed by atoms with Gasteiger partial charge in [-0.1, -0.05) is 0 Å². The highest BCUT2D eigenvalue weighted by Gasteiger charge is 2.43. The fourth-order valence-corrected chi connectivity index (χ4v) is 2.76. The Morgan fingerprint density at radius 1 is 1.43 bits per heavy atom. The molecule has 0 aliphatic carbocycles. The summed E-state index contributed by atoms with van der Waals surface area (Å²) in [5, 5.41) is 5.86. The second-order valence-corrected chi connectivity index (χ2v) is 6.27. The topological polar surface area (TPSA) is 81.8 Å². The van der Waals surface area contributed by atoms with E-state index in [1.165, 1.54) is 4.90 Å². The summed E-state index contributed by atoms with van der Waals surface area (Å²) in [6, 6.07) is -0.112. The number of imide groups is 1. The van der Waals surface area contributed by atoms with Gasteiger partial charge in [0, 0.05) is 32.6 Å². The van der Waals surface area contributed by atoms with Crippen LogP contribution in [0.3, 0.4) is 0 Å². The maximum atomic E-state index is 12.1. The summed E-state index contributed by atoms with van der Waals surface area (Å²) in [4.78, 5) is 38.8. The van der Waals surface area contributed by atoms with Gasteiger partial charge in [-0.15, -0.1) is 0 Å². The van der Waals surface area contributed by atoms with Crippen molar-refractivity contribution in [2.75, 3.05) is 26.7 Å². The lowest BCUT2D eigenvalue weighted by atomic mass is 10.1. The zero-order valence-corrected chi connectivity index (χ0v) is 12.9. The second kappa shape index (κ2) is 6.01. The van der Waals surface area contributed by atoms with Gasteiger partial charge in [0.2, 0.25) is 5.91 Å². The number of likely N-dealkylation sites (N-methyl/N-ethyl adjacent to an activating group) is 1. The molecule has 7 nitrogen and oxygen atoms in total. The molecule has 4 amide bonds. The monoisotopic (exact) mass is 296 g/mol. The Kier molecular flexibility index (Phi) is 4.51. The minimum absolute atomic E-state index is 0.0648. The molecule has 21 heavy (non-hydrogen) atoms. The third-order valence-electron chi connectivity index (χ3n) is 4.19. The Balaban J connectivity index is 1.77. The molecule has 0 aromatic heterocycles. The van der Waals surface area contributed by atoms with Crippen LogP contribution in [-0.2, 0) is 9.59 Å². The summed E-state index contributed by atoms with van der Waals surface area (Å²) < 4.78 is 0. The Bertz CT molecular complexity index is 444. The molecule has 0 aromatic carbocycles. The largest absolute Gasteiger partial charge is 0.341 e. The summed E-state index contributed by atoms with van der Waals surface area (Å²) in [5.74, 6) is -0.164. The second-order valence-electron chi connectivity index (χ2n) is 6.27. The van der Waals surface area contributed by atoms with Gasteiger partial charge in [-0.25, -0.2) is 4.79 Å². The number of nitrogens with one attached hydrogen (secondary N) is 2.